The van der Waals surface area contributed by atoms with Crippen molar-refractivity contribution >= 4 is 62.9 Å². The Kier molecular flexibility index (Phi) is 7.53. The van der Waals surface area contributed by atoms with E-state index in [1.165, 1.54) is 42.5 Å². The third-order valence-corrected chi connectivity index (χ3v) is 6.82. The Morgan fingerprint density at radius 3 is 2.30 bits per heavy atom. The van der Waals surface area contributed by atoms with E-state index >= 15 is 0 Å². The quantitative estimate of drug-likeness (QED) is 0.250. The number of amides is 4. The van der Waals surface area contributed by atoms with E-state index in [4.69, 9.17) is 32.1 Å². The summed E-state index contributed by atoms with van der Waals surface area (Å²) in [6, 6.07) is 15.2. The number of carbonyl (C=O) groups excluding carboxylic acids is 3. The number of halogens is 2. The van der Waals surface area contributed by atoms with Crippen molar-refractivity contribution in [3.05, 3.63) is 87.9 Å². The molecule has 190 valence electrons. The van der Waals surface area contributed by atoms with Crippen molar-refractivity contribution in [2.24, 2.45) is 0 Å². The topological polar surface area (TPSA) is 119 Å². The molecule has 3 aromatic rings. The van der Waals surface area contributed by atoms with Crippen molar-refractivity contribution in [3.63, 3.8) is 0 Å². The number of anilines is 1. The Morgan fingerprint density at radius 1 is 0.973 bits per heavy atom. The average molecular weight is 561 g/mol. The zero-order valence-electron chi connectivity index (χ0n) is 19.1. The number of urea groups is 1. The van der Waals surface area contributed by atoms with E-state index in [1.807, 2.05) is 0 Å². The van der Waals surface area contributed by atoms with Crippen molar-refractivity contribution in [1.29, 1.82) is 0 Å². The van der Waals surface area contributed by atoms with Crippen LogP contribution in [0.4, 0.5) is 10.5 Å². The Morgan fingerprint density at radius 2 is 1.65 bits per heavy atom. The number of carbonyl (C=O) groups is 3. The summed E-state index contributed by atoms with van der Waals surface area (Å²) in [7, 11) is -4.30. The van der Waals surface area contributed by atoms with E-state index in [9.17, 15) is 22.8 Å². The summed E-state index contributed by atoms with van der Waals surface area (Å²) in [5, 5.41) is 2.32. The highest BCUT2D eigenvalue weighted by molar-refractivity contribution is 7.87. The van der Waals surface area contributed by atoms with Gasteiger partial charge in [-0.2, -0.15) is 8.42 Å². The van der Waals surface area contributed by atoms with Crippen LogP contribution in [0.25, 0.3) is 6.08 Å². The lowest BCUT2D eigenvalue weighted by Gasteiger charge is -2.26. The fourth-order valence-electron chi connectivity index (χ4n) is 3.41. The Balaban J connectivity index is 1.72. The fourth-order valence-corrected chi connectivity index (χ4v) is 4.80. The number of nitrogens with zero attached hydrogens (tertiary/aromatic N) is 1. The Bertz CT molecular complexity index is 1520. The molecule has 0 spiro atoms. The van der Waals surface area contributed by atoms with Gasteiger partial charge < -0.3 is 8.92 Å². The van der Waals surface area contributed by atoms with E-state index in [2.05, 4.69) is 5.32 Å². The Hall–Kier alpha value is -3.86. The van der Waals surface area contributed by atoms with E-state index in [1.54, 1.807) is 37.3 Å². The molecule has 0 radical (unpaired) electrons. The number of hydrogen-bond donors (Lipinski definition) is 1. The minimum absolute atomic E-state index is 0.0425. The van der Waals surface area contributed by atoms with Crippen LogP contribution in [-0.2, 0) is 19.7 Å². The first-order valence-electron chi connectivity index (χ1n) is 10.7. The molecule has 4 rings (SSSR count). The maximum Gasteiger partial charge on any atom is 0.339 e. The number of nitrogens with one attached hydrogen (secondary N) is 1. The maximum absolute atomic E-state index is 13.1. The number of ether oxygens (including phenoxy) is 1. The van der Waals surface area contributed by atoms with Crippen LogP contribution in [0, 0.1) is 0 Å². The van der Waals surface area contributed by atoms with Crippen LogP contribution < -0.4 is 19.1 Å². The summed E-state index contributed by atoms with van der Waals surface area (Å²) in [4.78, 5) is 38.6. The predicted octanol–water partition coefficient (Wildman–Crippen LogP) is 4.83. The van der Waals surface area contributed by atoms with Crippen LogP contribution >= 0.6 is 23.2 Å². The molecule has 0 atom stereocenters. The third-order valence-electron chi connectivity index (χ3n) is 5.05. The summed E-state index contributed by atoms with van der Waals surface area (Å²) in [6.45, 7) is 1.79. The van der Waals surface area contributed by atoms with Crippen molar-refractivity contribution in [2.75, 3.05) is 11.5 Å². The molecule has 1 aliphatic heterocycles. The summed E-state index contributed by atoms with van der Waals surface area (Å²) in [5.74, 6) is -2.07. The van der Waals surface area contributed by atoms with E-state index in [0.29, 0.717) is 5.02 Å². The third kappa shape index (κ3) is 5.61. The average Bonchev–Trinajstić information content (AvgIpc) is 2.85. The lowest BCUT2D eigenvalue weighted by molar-refractivity contribution is -0.122. The number of barbiturate groups is 1. The van der Waals surface area contributed by atoms with Crippen LogP contribution in [0.1, 0.15) is 12.5 Å². The smallest absolute Gasteiger partial charge is 0.339 e. The zero-order valence-corrected chi connectivity index (χ0v) is 21.4. The van der Waals surface area contributed by atoms with Gasteiger partial charge in [-0.15, -0.1) is 0 Å². The summed E-state index contributed by atoms with van der Waals surface area (Å²) in [6.07, 6.45) is 1.21. The van der Waals surface area contributed by atoms with Gasteiger partial charge in [-0.25, -0.2) is 9.69 Å². The zero-order chi connectivity index (χ0) is 26.7. The van der Waals surface area contributed by atoms with Gasteiger partial charge in [0.05, 0.1) is 17.3 Å². The first kappa shape index (κ1) is 26.2. The molecule has 0 aromatic heterocycles. The molecule has 9 nitrogen and oxygen atoms in total. The van der Waals surface area contributed by atoms with Gasteiger partial charge in [-0.1, -0.05) is 41.4 Å². The van der Waals surface area contributed by atoms with E-state index in [-0.39, 0.29) is 44.8 Å². The van der Waals surface area contributed by atoms with Gasteiger partial charge in [0.1, 0.15) is 10.5 Å². The fraction of sp³-hybridized carbons (Fsp3) is 0.0800. The van der Waals surface area contributed by atoms with Crippen molar-refractivity contribution in [2.45, 2.75) is 11.8 Å². The lowest BCUT2D eigenvalue weighted by Crippen LogP contribution is -2.54. The van der Waals surface area contributed by atoms with Crippen LogP contribution in [-0.4, -0.2) is 32.9 Å². The van der Waals surface area contributed by atoms with Gasteiger partial charge >= 0.3 is 16.1 Å². The molecule has 0 saturated carbocycles. The molecular weight excluding hydrogens is 543 g/mol. The van der Waals surface area contributed by atoms with Gasteiger partial charge in [-0.3, -0.25) is 14.9 Å². The largest absolute Gasteiger partial charge is 0.490 e. The van der Waals surface area contributed by atoms with Crippen LogP contribution in [0.15, 0.2) is 77.2 Å². The first-order valence-corrected chi connectivity index (χ1v) is 12.9. The summed E-state index contributed by atoms with van der Waals surface area (Å²) >= 11 is 12.2. The summed E-state index contributed by atoms with van der Waals surface area (Å²) in [5.41, 5.74) is 0.155. The van der Waals surface area contributed by atoms with Crippen molar-refractivity contribution in [1.82, 2.24) is 5.32 Å². The van der Waals surface area contributed by atoms with Crippen LogP contribution in [0.3, 0.4) is 0 Å². The highest BCUT2D eigenvalue weighted by atomic mass is 35.5. The number of benzene rings is 3. The van der Waals surface area contributed by atoms with Crippen molar-refractivity contribution < 1.29 is 31.7 Å². The summed E-state index contributed by atoms with van der Waals surface area (Å²) < 4.78 is 36.4. The molecule has 0 unspecified atom stereocenters. The second kappa shape index (κ2) is 10.6. The van der Waals surface area contributed by atoms with E-state index < -0.39 is 28.0 Å². The molecule has 12 heteroatoms. The Labute approximate surface area is 222 Å². The molecule has 0 aliphatic carbocycles. The highest BCUT2D eigenvalue weighted by Gasteiger charge is 2.37. The van der Waals surface area contributed by atoms with Gasteiger partial charge in [0, 0.05) is 5.02 Å². The molecule has 1 fully saturated rings. The molecule has 1 aliphatic rings. The van der Waals surface area contributed by atoms with Gasteiger partial charge in [0.2, 0.25) is 5.75 Å². The van der Waals surface area contributed by atoms with Gasteiger partial charge in [-0.05, 0) is 67.1 Å². The predicted molar refractivity (Wildman–Crippen MR) is 137 cm³/mol. The van der Waals surface area contributed by atoms with E-state index in [0.717, 1.165) is 4.90 Å². The minimum atomic E-state index is -4.30. The van der Waals surface area contributed by atoms with Gasteiger partial charge in [0.25, 0.3) is 11.8 Å². The number of imide groups is 2. The second-order valence-corrected chi connectivity index (χ2v) is 9.94. The SMILES string of the molecule is CCOc1cc(/C=C2\C(=O)NC(=O)N(c3ccccc3)C2=O)cc(Cl)c1OS(=O)(=O)c1ccc(Cl)cc1. The first-order chi connectivity index (χ1) is 17.6. The molecule has 3 aromatic carbocycles. The van der Waals surface area contributed by atoms with Crippen LogP contribution in [0.2, 0.25) is 10.0 Å². The molecule has 1 heterocycles. The lowest BCUT2D eigenvalue weighted by atomic mass is 10.1. The molecule has 1 N–H and O–H groups in total. The highest BCUT2D eigenvalue weighted by Crippen LogP contribution is 2.39. The molecular formula is C25H18Cl2N2O7S. The number of hydrogen-bond acceptors (Lipinski definition) is 7. The minimum Gasteiger partial charge on any atom is -0.490 e. The van der Waals surface area contributed by atoms with Crippen LogP contribution in [0.5, 0.6) is 11.5 Å². The maximum atomic E-state index is 13.1. The molecule has 37 heavy (non-hydrogen) atoms. The monoisotopic (exact) mass is 560 g/mol. The number of para-hydroxylation sites is 1. The molecule has 1 saturated heterocycles. The molecule has 0 bridgehead atoms. The van der Waals surface area contributed by atoms with Gasteiger partial charge in [0.15, 0.2) is 5.75 Å². The van der Waals surface area contributed by atoms with Crippen molar-refractivity contribution in [3.8, 4) is 11.5 Å². The standard InChI is InChI=1S/C25H18Cl2N2O7S/c1-2-35-21-14-15(13-20(27)22(21)36-37(33,34)18-10-8-16(26)9-11-18)12-19-23(30)28-25(32)29(24(19)31)17-6-4-3-5-7-17/h3-14H,2H2,1H3,(H,28,30,32)/b19-12+. The molecule has 4 amide bonds. The second-order valence-electron chi connectivity index (χ2n) is 7.55. The number of rotatable bonds is 7. The normalized spacial score (nSPS) is 15.1.